The Morgan fingerprint density at radius 1 is 1.82 bits per heavy atom. The lowest BCUT2D eigenvalue weighted by atomic mass is 10.1. The predicted octanol–water partition coefficient (Wildman–Crippen LogP) is -0.155. The minimum Gasteiger partial charge on any atom is -0.384 e. The van der Waals surface area contributed by atoms with Gasteiger partial charge in [0.15, 0.2) is 0 Å². The van der Waals surface area contributed by atoms with Crippen LogP contribution in [0.25, 0.3) is 0 Å². The number of nitrogens with one attached hydrogen (secondary N) is 1. The minimum absolute atomic E-state index is 0.0370. The molecular formula is C6H12N2O3. The van der Waals surface area contributed by atoms with Gasteiger partial charge in [0.25, 0.3) is 6.17 Å². The average Bonchev–Trinajstić information content (AvgIpc) is 2.36. The highest BCUT2D eigenvalue weighted by molar-refractivity contribution is 4.75. The van der Waals surface area contributed by atoms with Crippen molar-refractivity contribution < 1.29 is 9.66 Å². The molecule has 1 rings (SSSR count). The van der Waals surface area contributed by atoms with Gasteiger partial charge in [-0.2, -0.15) is 0 Å². The van der Waals surface area contributed by atoms with Crippen LogP contribution in [0, 0.1) is 16.0 Å². The molecule has 5 heteroatoms. The quantitative estimate of drug-likeness (QED) is 0.460. The number of hydrogen-bond donors (Lipinski definition) is 1. The Bertz CT molecular complexity index is 151. The van der Waals surface area contributed by atoms with Crippen LogP contribution in [0.4, 0.5) is 0 Å². The van der Waals surface area contributed by atoms with Gasteiger partial charge in [0.05, 0.1) is 12.5 Å². The van der Waals surface area contributed by atoms with E-state index in [4.69, 9.17) is 4.74 Å². The lowest BCUT2D eigenvalue weighted by Crippen LogP contribution is -2.36. The van der Waals surface area contributed by atoms with Crippen LogP contribution in [0.15, 0.2) is 0 Å². The highest BCUT2D eigenvalue weighted by Crippen LogP contribution is 2.15. The Morgan fingerprint density at radius 3 is 3.09 bits per heavy atom. The van der Waals surface area contributed by atoms with Gasteiger partial charge in [-0.15, -0.1) is 0 Å². The van der Waals surface area contributed by atoms with Gasteiger partial charge in [-0.3, -0.25) is 15.4 Å². The number of hydrogen-bond acceptors (Lipinski definition) is 4. The van der Waals surface area contributed by atoms with E-state index in [2.05, 4.69) is 5.32 Å². The summed E-state index contributed by atoms with van der Waals surface area (Å²) < 4.78 is 4.86. The standard InChI is InChI=1S/C6H12N2O3/c1-11-4-5-2-3-7-6(5)8(9)10/h5-7H,2-4H2,1H3. The Balaban J connectivity index is 2.44. The maximum atomic E-state index is 10.4. The van der Waals surface area contributed by atoms with Crippen LogP contribution in [-0.4, -0.2) is 31.4 Å². The number of methoxy groups -OCH3 is 1. The summed E-state index contributed by atoms with van der Waals surface area (Å²) in [7, 11) is 1.56. The summed E-state index contributed by atoms with van der Waals surface area (Å²) in [5.74, 6) is 0.0370. The first-order chi connectivity index (χ1) is 5.25. The molecule has 0 aromatic carbocycles. The molecular weight excluding hydrogens is 148 g/mol. The minimum atomic E-state index is -0.602. The van der Waals surface area contributed by atoms with Crippen LogP contribution in [0.2, 0.25) is 0 Å². The summed E-state index contributed by atoms with van der Waals surface area (Å²) in [6, 6.07) is 0. The molecule has 0 aromatic rings. The first-order valence-corrected chi connectivity index (χ1v) is 3.61. The van der Waals surface area contributed by atoms with Gasteiger partial charge in [0.2, 0.25) is 0 Å². The Labute approximate surface area is 64.9 Å². The van der Waals surface area contributed by atoms with Crippen molar-refractivity contribution in [2.75, 3.05) is 20.3 Å². The van der Waals surface area contributed by atoms with Gasteiger partial charge in [0, 0.05) is 18.6 Å². The molecule has 0 amide bonds. The fourth-order valence-corrected chi connectivity index (χ4v) is 1.38. The zero-order chi connectivity index (χ0) is 8.27. The second kappa shape index (κ2) is 3.64. The third kappa shape index (κ3) is 1.87. The predicted molar refractivity (Wildman–Crippen MR) is 38.8 cm³/mol. The molecule has 2 unspecified atom stereocenters. The van der Waals surface area contributed by atoms with E-state index in [1.807, 2.05) is 0 Å². The molecule has 1 aliphatic rings. The van der Waals surface area contributed by atoms with E-state index in [1.165, 1.54) is 0 Å². The van der Waals surface area contributed by atoms with Crippen LogP contribution >= 0.6 is 0 Å². The van der Waals surface area contributed by atoms with Crippen molar-refractivity contribution in [3.8, 4) is 0 Å². The fraction of sp³-hybridized carbons (Fsp3) is 1.00. The average molecular weight is 160 g/mol. The summed E-state index contributed by atoms with van der Waals surface area (Å²) in [6.45, 7) is 1.19. The maximum absolute atomic E-state index is 10.4. The molecule has 2 atom stereocenters. The molecule has 5 nitrogen and oxygen atoms in total. The van der Waals surface area contributed by atoms with E-state index < -0.39 is 6.17 Å². The lowest BCUT2D eigenvalue weighted by molar-refractivity contribution is -0.535. The van der Waals surface area contributed by atoms with E-state index >= 15 is 0 Å². The molecule has 0 aliphatic carbocycles. The first-order valence-electron chi connectivity index (χ1n) is 3.61. The second-order valence-electron chi connectivity index (χ2n) is 2.69. The summed E-state index contributed by atoms with van der Waals surface area (Å²) in [4.78, 5) is 10.1. The van der Waals surface area contributed by atoms with Crippen molar-refractivity contribution in [2.45, 2.75) is 12.6 Å². The Hall–Kier alpha value is -0.680. The topological polar surface area (TPSA) is 64.4 Å². The SMILES string of the molecule is COCC1CCNC1[N+](=O)[O-]. The molecule has 11 heavy (non-hydrogen) atoms. The third-order valence-corrected chi connectivity index (χ3v) is 1.92. The van der Waals surface area contributed by atoms with Crippen molar-refractivity contribution in [1.82, 2.24) is 5.32 Å². The van der Waals surface area contributed by atoms with Crippen molar-refractivity contribution in [2.24, 2.45) is 5.92 Å². The van der Waals surface area contributed by atoms with Gasteiger partial charge in [-0.25, -0.2) is 0 Å². The molecule has 0 aromatic heterocycles. The van der Waals surface area contributed by atoms with Gasteiger partial charge >= 0.3 is 0 Å². The van der Waals surface area contributed by atoms with E-state index in [0.29, 0.717) is 6.61 Å². The van der Waals surface area contributed by atoms with Crippen LogP contribution in [0.3, 0.4) is 0 Å². The summed E-state index contributed by atoms with van der Waals surface area (Å²) in [5, 5.41) is 13.2. The zero-order valence-electron chi connectivity index (χ0n) is 6.45. The van der Waals surface area contributed by atoms with Crippen molar-refractivity contribution in [3.05, 3.63) is 10.1 Å². The van der Waals surface area contributed by atoms with Crippen molar-refractivity contribution in [1.29, 1.82) is 0 Å². The molecule has 1 aliphatic heterocycles. The molecule has 0 saturated carbocycles. The molecule has 1 fully saturated rings. The van der Waals surface area contributed by atoms with Gasteiger partial charge < -0.3 is 4.74 Å². The lowest BCUT2D eigenvalue weighted by Gasteiger charge is -2.10. The maximum Gasteiger partial charge on any atom is 0.271 e. The second-order valence-corrected chi connectivity index (χ2v) is 2.69. The zero-order valence-corrected chi connectivity index (χ0v) is 6.45. The Morgan fingerprint density at radius 2 is 2.55 bits per heavy atom. The van der Waals surface area contributed by atoms with Crippen molar-refractivity contribution >= 4 is 0 Å². The fourth-order valence-electron chi connectivity index (χ4n) is 1.38. The van der Waals surface area contributed by atoms with Crippen LogP contribution in [0.5, 0.6) is 0 Å². The third-order valence-electron chi connectivity index (χ3n) is 1.92. The number of nitrogens with zero attached hydrogens (tertiary/aromatic N) is 1. The van der Waals surface area contributed by atoms with E-state index in [1.54, 1.807) is 7.11 Å². The van der Waals surface area contributed by atoms with E-state index in [0.717, 1.165) is 13.0 Å². The summed E-state index contributed by atoms with van der Waals surface area (Å²) in [6.07, 6.45) is 0.231. The molecule has 1 N–H and O–H groups in total. The molecule has 1 saturated heterocycles. The van der Waals surface area contributed by atoms with Gasteiger partial charge in [-0.05, 0) is 6.42 Å². The number of ether oxygens (including phenoxy) is 1. The summed E-state index contributed by atoms with van der Waals surface area (Å²) >= 11 is 0. The highest BCUT2D eigenvalue weighted by Gasteiger charge is 2.35. The number of rotatable bonds is 3. The number of nitro groups is 1. The van der Waals surface area contributed by atoms with E-state index in [9.17, 15) is 10.1 Å². The molecule has 0 spiro atoms. The van der Waals surface area contributed by atoms with Crippen molar-refractivity contribution in [3.63, 3.8) is 0 Å². The molecule has 0 bridgehead atoms. The van der Waals surface area contributed by atoms with E-state index in [-0.39, 0.29) is 10.8 Å². The van der Waals surface area contributed by atoms with Crippen LogP contribution < -0.4 is 5.32 Å². The van der Waals surface area contributed by atoms with Gasteiger partial charge in [0.1, 0.15) is 0 Å². The highest BCUT2D eigenvalue weighted by atomic mass is 16.6. The molecule has 1 heterocycles. The summed E-state index contributed by atoms with van der Waals surface area (Å²) in [5.41, 5.74) is 0. The molecule has 0 radical (unpaired) electrons. The largest absolute Gasteiger partial charge is 0.384 e. The monoisotopic (exact) mass is 160 g/mol. The smallest absolute Gasteiger partial charge is 0.271 e. The Kier molecular flexibility index (Phi) is 2.78. The van der Waals surface area contributed by atoms with Crippen LogP contribution in [-0.2, 0) is 4.74 Å². The van der Waals surface area contributed by atoms with Gasteiger partial charge in [-0.1, -0.05) is 0 Å². The van der Waals surface area contributed by atoms with Crippen LogP contribution in [0.1, 0.15) is 6.42 Å². The molecule has 64 valence electrons. The first kappa shape index (κ1) is 8.42. The normalized spacial score (nSPS) is 30.6.